The highest BCUT2D eigenvalue weighted by Crippen LogP contribution is 2.38. The molecule has 0 radical (unpaired) electrons. The first kappa shape index (κ1) is 58.8. The number of rotatable bonds is 28. The van der Waals surface area contributed by atoms with Gasteiger partial charge in [0.25, 0.3) is 0 Å². The Kier molecular flexibility index (Phi) is 19.8. The molecule has 5 heterocycles. The Morgan fingerprint density at radius 2 is 0.786 bits per heavy atom. The quantitative estimate of drug-likeness (QED) is 0.0178. The molecule has 0 saturated heterocycles. The lowest BCUT2D eigenvalue weighted by atomic mass is 10.0. The number of carboxylic acids is 4. The van der Waals surface area contributed by atoms with Gasteiger partial charge in [-0.25, -0.2) is 14.8 Å². The second-order valence-corrected chi connectivity index (χ2v) is 20.4. The van der Waals surface area contributed by atoms with E-state index in [2.05, 4.69) is 82.0 Å². The molecule has 430 valence electrons. The molecule has 0 atom stereocenters. The number of carbonyl (C=O) groups is 6. The highest BCUT2D eigenvalue weighted by molar-refractivity contribution is 6.01. The number of benzene rings is 4. The summed E-state index contributed by atoms with van der Waals surface area (Å²) in [6, 6.07) is 46.2. The molecule has 2 aliphatic rings. The maximum absolute atomic E-state index is 13.8. The first-order valence-electron chi connectivity index (χ1n) is 27.7. The molecule has 0 unspecified atom stereocenters. The minimum absolute atomic E-state index is 0.00272. The van der Waals surface area contributed by atoms with Crippen molar-refractivity contribution in [3.05, 3.63) is 168 Å². The number of carbonyl (C=O) groups excluding carboxylic acids is 2. The van der Waals surface area contributed by atoms with Gasteiger partial charge in [0.2, 0.25) is 5.91 Å². The molecule has 9 rings (SSSR count). The maximum atomic E-state index is 13.8. The number of nitrogens with one attached hydrogen (secondary N) is 3. The fourth-order valence-electron chi connectivity index (χ4n) is 10.4. The molecule has 84 heavy (non-hydrogen) atoms. The van der Waals surface area contributed by atoms with Crippen molar-refractivity contribution >= 4 is 82.1 Å². The zero-order valence-corrected chi connectivity index (χ0v) is 46.1. The van der Waals surface area contributed by atoms with Gasteiger partial charge in [0.05, 0.1) is 67.7 Å². The average Bonchev–Trinajstić information content (AvgIpc) is 3.13. The smallest absolute Gasteiger partial charge is 0.338 e. The van der Waals surface area contributed by atoms with Crippen molar-refractivity contribution in [3.8, 4) is 44.5 Å². The van der Waals surface area contributed by atoms with Crippen LogP contribution in [-0.2, 0) is 28.7 Å². The van der Waals surface area contributed by atoms with Gasteiger partial charge < -0.3 is 40.4 Å². The lowest BCUT2D eigenvalue weighted by Crippen LogP contribution is -2.46. The molecule has 2 aliphatic heterocycles. The second-order valence-electron chi connectivity index (χ2n) is 20.4. The number of aliphatic carboxylic acids is 4. The fraction of sp³-hybridized carbons (Fsp3) is 0.231. The number of aromatic nitrogens is 4. The van der Waals surface area contributed by atoms with Crippen LogP contribution in [0, 0.1) is 0 Å². The number of nitrogens with zero attached hydrogens (tertiary/aromatic N) is 5. The summed E-state index contributed by atoms with van der Waals surface area (Å²) in [7, 11) is 0. The van der Waals surface area contributed by atoms with E-state index in [0.717, 1.165) is 88.6 Å². The molecule has 0 saturated carbocycles. The molecule has 0 spiro atoms. The number of fused-ring (bicyclic) bond motifs is 8. The molecule has 7 aromatic rings. The minimum Gasteiger partial charge on any atom is -0.480 e. The summed E-state index contributed by atoms with van der Waals surface area (Å²) in [4.78, 5) is 94.6. The van der Waals surface area contributed by atoms with E-state index < -0.39 is 61.9 Å². The number of aromatic amines is 2. The lowest BCUT2D eigenvalue weighted by molar-refractivity contribution is -0.143. The monoisotopic (exact) mass is 1130 g/mol. The van der Waals surface area contributed by atoms with Crippen molar-refractivity contribution in [2.75, 3.05) is 72.1 Å². The standard InChI is InChI=1S/C65H64N8O11/c74-56(38-72(40-58(77)78)34-32-71(39-57(75)76)33-35-73(41-59(79)80)42-60(81)82)66-31-12-1-2-13-36-84-65(83)47-22-14-21-46(37-47)64-54-29-27-52(69-54)62(44-17-8-4-9-18-44)50-25-23-48(67-50)61(43-15-6-3-7-16-43)49-24-26-51(68-49)63(45-19-10-5-11-20-45)53-28-30-55(64)70-53/h3-11,14-30,37,67,70H,1-2,12-13,31-36,38-42H2,(H,66,74)(H,75,76)(H,77,78)(H,79,80)(H,81,82). The summed E-state index contributed by atoms with van der Waals surface area (Å²) >= 11 is 0. The number of esters is 1. The van der Waals surface area contributed by atoms with Crippen molar-refractivity contribution in [1.29, 1.82) is 0 Å². The normalized spacial score (nSPS) is 11.8. The molecule has 19 nitrogen and oxygen atoms in total. The number of H-pyrrole nitrogens is 2. The summed E-state index contributed by atoms with van der Waals surface area (Å²) in [5.74, 6) is -5.78. The van der Waals surface area contributed by atoms with Crippen LogP contribution in [0.3, 0.4) is 0 Å². The Morgan fingerprint density at radius 3 is 1.21 bits per heavy atom. The topological polar surface area (TPSA) is 272 Å². The zero-order valence-electron chi connectivity index (χ0n) is 46.1. The molecule has 7 N–H and O–H groups in total. The number of unbranched alkanes of at least 4 members (excludes halogenated alkanes) is 3. The van der Waals surface area contributed by atoms with E-state index in [4.69, 9.17) is 24.9 Å². The highest BCUT2D eigenvalue weighted by atomic mass is 16.5. The number of amides is 1. The highest BCUT2D eigenvalue weighted by Gasteiger charge is 2.22. The van der Waals surface area contributed by atoms with Crippen LogP contribution >= 0.6 is 0 Å². The third kappa shape index (κ3) is 15.6. The van der Waals surface area contributed by atoms with Crippen molar-refractivity contribution in [2.45, 2.75) is 25.7 Å². The van der Waals surface area contributed by atoms with Gasteiger partial charge in [-0.2, -0.15) is 0 Å². The fourth-order valence-corrected chi connectivity index (χ4v) is 10.4. The Labute approximate surface area is 484 Å². The van der Waals surface area contributed by atoms with Crippen LogP contribution in [0.2, 0.25) is 0 Å². The van der Waals surface area contributed by atoms with Gasteiger partial charge in [0, 0.05) is 77.0 Å². The number of ether oxygens (including phenoxy) is 1. The van der Waals surface area contributed by atoms with Gasteiger partial charge in [-0.05, 0) is 102 Å². The summed E-state index contributed by atoms with van der Waals surface area (Å²) in [5, 5.41) is 40.1. The third-order valence-electron chi connectivity index (χ3n) is 14.2. The summed E-state index contributed by atoms with van der Waals surface area (Å²) in [5.41, 5.74) is 14.1. The second kappa shape index (κ2) is 28.2. The molecular formula is C65H64N8O11. The SMILES string of the molecule is O=C(O)CN(CCN(CC(=O)O)CC(=O)O)CCN(CC(=O)O)CC(=O)NCCCCCCOC(=O)c1cccc(-c2c3nc(c(-c4ccccc4)c4ccc([nH]4)c(-c4ccccc4)c4nc(c(-c5ccccc5)c5ccc2[nH]5)C=C4)C=C3)c1. The van der Waals surface area contributed by atoms with E-state index in [1.54, 1.807) is 6.07 Å². The van der Waals surface area contributed by atoms with Crippen LogP contribution in [-0.4, -0.2) is 163 Å². The minimum atomic E-state index is -1.25. The van der Waals surface area contributed by atoms with E-state index >= 15 is 0 Å². The first-order chi connectivity index (χ1) is 40.8. The molecule has 1 amide bonds. The van der Waals surface area contributed by atoms with Crippen molar-refractivity contribution in [3.63, 3.8) is 0 Å². The molecule has 3 aromatic heterocycles. The van der Waals surface area contributed by atoms with Gasteiger partial charge in [0.15, 0.2) is 0 Å². The Hall–Kier alpha value is -9.82. The van der Waals surface area contributed by atoms with E-state index in [1.807, 2.05) is 91.0 Å². The summed E-state index contributed by atoms with van der Waals surface area (Å²) in [6.07, 6.45) is 10.7. The number of carboxylic acid groups (broad SMARTS) is 4. The molecule has 0 aliphatic carbocycles. The zero-order chi connectivity index (χ0) is 59.0. The van der Waals surface area contributed by atoms with Crippen molar-refractivity contribution in [1.82, 2.24) is 40.0 Å². The van der Waals surface area contributed by atoms with Gasteiger partial charge in [-0.1, -0.05) is 110 Å². The number of hydrogen-bond acceptors (Lipinski definition) is 12. The van der Waals surface area contributed by atoms with Crippen LogP contribution in [0.25, 0.3) is 90.9 Å². The molecule has 4 aromatic carbocycles. The van der Waals surface area contributed by atoms with Crippen LogP contribution in [0.4, 0.5) is 0 Å². The van der Waals surface area contributed by atoms with Gasteiger partial charge in [-0.3, -0.25) is 38.7 Å². The van der Waals surface area contributed by atoms with Crippen LogP contribution < -0.4 is 5.32 Å². The molecule has 8 bridgehead atoms. The van der Waals surface area contributed by atoms with Crippen LogP contribution in [0.5, 0.6) is 0 Å². The molecular weight excluding hydrogens is 1070 g/mol. The van der Waals surface area contributed by atoms with Crippen LogP contribution in [0.15, 0.2) is 140 Å². The van der Waals surface area contributed by atoms with Gasteiger partial charge in [-0.15, -0.1) is 0 Å². The summed E-state index contributed by atoms with van der Waals surface area (Å²) in [6.45, 7) is -1.95. The lowest BCUT2D eigenvalue weighted by Gasteiger charge is -2.27. The predicted octanol–water partition coefficient (Wildman–Crippen LogP) is 9.40. The van der Waals surface area contributed by atoms with Crippen molar-refractivity contribution < 1.29 is 53.9 Å². The van der Waals surface area contributed by atoms with Gasteiger partial charge in [0.1, 0.15) is 0 Å². The largest absolute Gasteiger partial charge is 0.480 e. The first-order valence-corrected chi connectivity index (χ1v) is 27.7. The van der Waals surface area contributed by atoms with E-state index in [0.29, 0.717) is 43.5 Å². The predicted molar refractivity (Wildman–Crippen MR) is 322 cm³/mol. The van der Waals surface area contributed by atoms with E-state index in [9.17, 15) is 39.0 Å². The Morgan fingerprint density at radius 1 is 0.417 bits per heavy atom. The van der Waals surface area contributed by atoms with Crippen LogP contribution in [0.1, 0.15) is 58.8 Å². The van der Waals surface area contributed by atoms with Gasteiger partial charge >= 0.3 is 29.8 Å². The molecule has 19 heteroatoms. The van der Waals surface area contributed by atoms with E-state index in [1.165, 1.54) is 9.80 Å². The molecule has 0 fully saturated rings. The third-order valence-corrected chi connectivity index (χ3v) is 14.2. The maximum Gasteiger partial charge on any atom is 0.338 e. The number of hydrogen-bond donors (Lipinski definition) is 7. The Bertz CT molecular complexity index is 3710. The van der Waals surface area contributed by atoms with E-state index in [-0.39, 0.29) is 39.3 Å². The summed E-state index contributed by atoms with van der Waals surface area (Å²) < 4.78 is 5.82. The Balaban J connectivity index is 0.893. The average molecular weight is 1130 g/mol. The van der Waals surface area contributed by atoms with Crippen molar-refractivity contribution in [2.24, 2.45) is 0 Å².